The molecule has 0 saturated heterocycles. The molecule has 2 rings (SSSR count). The van der Waals surface area contributed by atoms with Gasteiger partial charge in [-0.2, -0.15) is 10.4 Å². The summed E-state index contributed by atoms with van der Waals surface area (Å²) in [6.07, 6.45) is 1.49. The first-order valence-corrected chi connectivity index (χ1v) is 6.80. The fourth-order valence-electron chi connectivity index (χ4n) is 1.78. The summed E-state index contributed by atoms with van der Waals surface area (Å²) in [6, 6.07) is 15.3. The van der Waals surface area contributed by atoms with E-state index in [1.165, 1.54) is 13.1 Å². The second-order valence-electron chi connectivity index (χ2n) is 4.69. The Hall–Kier alpha value is -3.46. The summed E-state index contributed by atoms with van der Waals surface area (Å²) in [5.41, 5.74) is 4.79. The van der Waals surface area contributed by atoms with E-state index in [2.05, 4.69) is 15.8 Å². The first-order chi connectivity index (χ1) is 11.1. The van der Waals surface area contributed by atoms with E-state index in [-0.39, 0.29) is 11.8 Å². The number of anilines is 1. The predicted molar refractivity (Wildman–Crippen MR) is 87.0 cm³/mol. The van der Waals surface area contributed by atoms with Gasteiger partial charge in [0.25, 0.3) is 5.91 Å². The van der Waals surface area contributed by atoms with Crippen molar-refractivity contribution in [2.45, 2.75) is 6.92 Å². The van der Waals surface area contributed by atoms with Gasteiger partial charge in [0, 0.05) is 18.2 Å². The number of rotatable bonds is 4. The minimum absolute atomic E-state index is 0.172. The van der Waals surface area contributed by atoms with Crippen LogP contribution in [0.25, 0.3) is 0 Å². The van der Waals surface area contributed by atoms with Crippen LogP contribution in [0.15, 0.2) is 53.6 Å². The molecule has 0 aliphatic rings. The molecule has 2 amide bonds. The number of amides is 2. The Kier molecular flexibility index (Phi) is 5.21. The third-order valence-corrected chi connectivity index (χ3v) is 2.89. The van der Waals surface area contributed by atoms with Crippen molar-refractivity contribution >= 4 is 23.7 Å². The van der Waals surface area contributed by atoms with Crippen molar-refractivity contribution in [2.75, 3.05) is 5.32 Å². The molecule has 2 N–H and O–H groups in total. The molecule has 6 nitrogen and oxygen atoms in total. The lowest BCUT2D eigenvalue weighted by molar-refractivity contribution is -0.114. The molecular formula is C17H14N4O2. The van der Waals surface area contributed by atoms with Crippen LogP contribution < -0.4 is 10.7 Å². The quantitative estimate of drug-likeness (QED) is 0.670. The van der Waals surface area contributed by atoms with Crippen LogP contribution in [0.4, 0.5) is 5.69 Å². The van der Waals surface area contributed by atoms with Gasteiger partial charge in [0.15, 0.2) is 0 Å². The molecule has 114 valence electrons. The van der Waals surface area contributed by atoms with Crippen LogP contribution in [0, 0.1) is 11.3 Å². The molecule has 2 aromatic rings. The molecule has 0 atom stereocenters. The molecule has 0 spiro atoms. The monoisotopic (exact) mass is 306 g/mol. The maximum Gasteiger partial charge on any atom is 0.271 e. The van der Waals surface area contributed by atoms with Crippen molar-refractivity contribution in [1.82, 2.24) is 5.43 Å². The van der Waals surface area contributed by atoms with E-state index < -0.39 is 0 Å². The normalized spacial score (nSPS) is 10.1. The first kappa shape index (κ1) is 15.9. The van der Waals surface area contributed by atoms with Gasteiger partial charge < -0.3 is 5.32 Å². The van der Waals surface area contributed by atoms with Crippen molar-refractivity contribution in [3.63, 3.8) is 0 Å². The molecule has 0 radical (unpaired) electrons. The number of nitriles is 1. The summed E-state index contributed by atoms with van der Waals surface area (Å²) >= 11 is 0. The Morgan fingerprint density at radius 1 is 1.09 bits per heavy atom. The standard InChI is InChI=1S/C17H14N4O2/c1-12(22)20-16-8-6-15(7-9-16)17(23)21-19-11-14-4-2-13(10-18)3-5-14/h2-9,11H,1H3,(H,20,22)(H,21,23)/b19-11+. The van der Waals surface area contributed by atoms with Crippen LogP contribution in [0.3, 0.4) is 0 Å². The summed E-state index contributed by atoms with van der Waals surface area (Å²) in [4.78, 5) is 22.8. The fourth-order valence-corrected chi connectivity index (χ4v) is 1.78. The lowest BCUT2D eigenvalue weighted by atomic mass is 10.2. The minimum Gasteiger partial charge on any atom is -0.326 e. The Balaban J connectivity index is 1.94. The first-order valence-electron chi connectivity index (χ1n) is 6.80. The lowest BCUT2D eigenvalue weighted by Crippen LogP contribution is -2.17. The number of hydrazone groups is 1. The molecule has 0 fully saturated rings. The van der Waals surface area contributed by atoms with E-state index in [1.807, 2.05) is 6.07 Å². The predicted octanol–water partition coefficient (Wildman–Crippen LogP) is 2.28. The zero-order valence-electron chi connectivity index (χ0n) is 12.4. The highest BCUT2D eigenvalue weighted by Gasteiger charge is 2.04. The van der Waals surface area contributed by atoms with Gasteiger partial charge in [0.2, 0.25) is 5.91 Å². The molecule has 0 unspecified atom stereocenters. The van der Waals surface area contributed by atoms with E-state index in [1.54, 1.807) is 48.5 Å². The van der Waals surface area contributed by atoms with E-state index in [4.69, 9.17) is 5.26 Å². The van der Waals surface area contributed by atoms with Crippen molar-refractivity contribution in [3.05, 3.63) is 65.2 Å². The topological polar surface area (TPSA) is 94.3 Å². The van der Waals surface area contributed by atoms with Crippen LogP contribution in [-0.4, -0.2) is 18.0 Å². The Bertz CT molecular complexity index is 772. The largest absolute Gasteiger partial charge is 0.326 e. The molecular weight excluding hydrogens is 292 g/mol. The van der Waals surface area contributed by atoms with E-state index in [9.17, 15) is 9.59 Å². The van der Waals surface area contributed by atoms with Gasteiger partial charge in [-0.25, -0.2) is 5.43 Å². The van der Waals surface area contributed by atoms with Gasteiger partial charge in [-0.05, 0) is 42.0 Å². The summed E-state index contributed by atoms with van der Waals surface area (Å²) in [7, 11) is 0. The molecule has 0 saturated carbocycles. The van der Waals surface area contributed by atoms with Crippen molar-refractivity contribution < 1.29 is 9.59 Å². The maximum atomic E-state index is 11.9. The summed E-state index contributed by atoms with van der Waals surface area (Å²) in [6.45, 7) is 1.42. The third-order valence-electron chi connectivity index (χ3n) is 2.89. The van der Waals surface area contributed by atoms with Gasteiger partial charge >= 0.3 is 0 Å². The number of hydrogen-bond acceptors (Lipinski definition) is 4. The van der Waals surface area contributed by atoms with Gasteiger partial charge in [-0.15, -0.1) is 0 Å². The van der Waals surface area contributed by atoms with E-state index in [0.29, 0.717) is 16.8 Å². The Morgan fingerprint density at radius 2 is 1.74 bits per heavy atom. The highest BCUT2D eigenvalue weighted by molar-refractivity contribution is 5.96. The summed E-state index contributed by atoms with van der Waals surface area (Å²) in [5, 5.41) is 15.2. The molecule has 0 aliphatic carbocycles. The zero-order chi connectivity index (χ0) is 16.7. The molecule has 0 heterocycles. The number of nitrogens with zero attached hydrogens (tertiary/aromatic N) is 2. The van der Waals surface area contributed by atoms with E-state index in [0.717, 1.165) is 5.56 Å². The zero-order valence-corrected chi connectivity index (χ0v) is 12.4. The molecule has 6 heteroatoms. The number of benzene rings is 2. The number of carbonyl (C=O) groups is 2. The van der Waals surface area contributed by atoms with Crippen molar-refractivity contribution in [2.24, 2.45) is 5.10 Å². The minimum atomic E-state index is -0.357. The van der Waals surface area contributed by atoms with Gasteiger partial charge in [0.05, 0.1) is 17.8 Å². The van der Waals surface area contributed by atoms with Gasteiger partial charge in [-0.1, -0.05) is 12.1 Å². The molecule has 0 aromatic heterocycles. The number of carbonyl (C=O) groups excluding carboxylic acids is 2. The van der Waals surface area contributed by atoms with Crippen LogP contribution >= 0.6 is 0 Å². The highest BCUT2D eigenvalue weighted by atomic mass is 16.2. The summed E-state index contributed by atoms with van der Waals surface area (Å²) < 4.78 is 0. The van der Waals surface area contributed by atoms with Crippen LogP contribution in [0.1, 0.15) is 28.4 Å². The Morgan fingerprint density at radius 3 is 2.30 bits per heavy atom. The van der Waals surface area contributed by atoms with E-state index >= 15 is 0 Å². The highest BCUT2D eigenvalue weighted by Crippen LogP contribution is 2.09. The van der Waals surface area contributed by atoms with Crippen LogP contribution in [0.2, 0.25) is 0 Å². The smallest absolute Gasteiger partial charge is 0.271 e. The van der Waals surface area contributed by atoms with Gasteiger partial charge in [-0.3, -0.25) is 9.59 Å². The SMILES string of the molecule is CC(=O)Nc1ccc(C(=O)N/N=C/c2ccc(C#N)cc2)cc1. The fraction of sp³-hybridized carbons (Fsp3) is 0.0588. The number of hydrogen-bond donors (Lipinski definition) is 2. The van der Waals surface area contributed by atoms with Crippen LogP contribution in [0.5, 0.6) is 0 Å². The van der Waals surface area contributed by atoms with Gasteiger partial charge in [0.1, 0.15) is 0 Å². The van der Waals surface area contributed by atoms with Crippen LogP contribution in [-0.2, 0) is 4.79 Å². The lowest BCUT2D eigenvalue weighted by Gasteiger charge is -2.03. The number of nitrogens with one attached hydrogen (secondary N) is 2. The molecule has 23 heavy (non-hydrogen) atoms. The summed E-state index contributed by atoms with van der Waals surface area (Å²) in [5.74, 6) is -0.529. The molecule has 0 bridgehead atoms. The molecule has 0 aliphatic heterocycles. The average molecular weight is 306 g/mol. The third kappa shape index (κ3) is 4.79. The second-order valence-corrected chi connectivity index (χ2v) is 4.69. The maximum absolute atomic E-state index is 11.9. The van der Waals surface area contributed by atoms with Crippen molar-refractivity contribution in [3.8, 4) is 6.07 Å². The Labute approximate surface area is 133 Å². The second kappa shape index (κ2) is 7.52. The molecule has 2 aromatic carbocycles. The average Bonchev–Trinajstić information content (AvgIpc) is 2.55. The van der Waals surface area contributed by atoms with Crippen molar-refractivity contribution in [1.29, 1.82) is 5.26 Å².